The lowest BCUT2D eigenvalue weighted by atomic mass is 9.75. The van der Waals surface area contributed by atoms with E-state index < -0.39 is 11.9 Å². The van der Waals surface area contributed by atoms with Crippen LogP contribution in [-0.2, 0) is 14.3 Å². The van der Waals surface area contributed by atoms with E-state index in [0.29, 0.717) is 35.6 Å². The third-order valence-corrected chi connectivity index (χ3v) is 5.26. The van der Waals surface area contributed by atoms with E-state index in [-0.39, 0.29) is 11.5 Å². The second-order valence-electron chi connectivity index (χ2n) is 7.19. The Morgan fingerprint density at radius 3 is 2.82 bits per heavy atom. The van der Waals surface area contributed by atoms with Gasteiger partial charge in [-0.2, -0.15) is 0 Å². The highest BCUT2D eigenvalue weighted by Gasteiger charge is 2.39. The molecule has 0 amide bonds. The summed E-state index contributed by atoms with van der Waals surface area (Å²) in [6.07, 6.45) is 3.73. The van der Waals surface area contributed by atoms with Gasteiger partial charge in [0.25, 0.3) is 0 Å². The van der Waals surface area contributed by atoms with E-state index in [0.717, 1.165) is 36.9 Å². The van der Waals surface area contributed by atoms with E-state index in [1.807, 2.05) is 13.8 Å². The first-order valence-electron chi connectivity index (χ1n) is 9.76. The summed E-state index contributed by atoms with van der Waals surface area (Å²) in [5.74, 6) is -0.597. The standard InChI is InChI=1S/C22H27NO5/c1-4-5-11-28-22(26)19-13(2)23-15-7-6-8-17(25)21(15)20(19)14-9-10-16(24)18(12-14)27-3/h9-10,12,20,23-24H,4-8,11H2,1-3H3. The van der Waals surface area contributed by atoms with Gasteiger partial charge in [-0.05, 0) is 43.9 Å². The largest absolute Gasteiger partial charge is 0.504 e. The van der Waals surface area contributed by atoms with E-state index in [2.05, 4.69) is 5.32 Å². The van der Waals surface area contributed by atoms with Gasteiger partial charge >= 0.3 is 5.97 Å². The molecule has 0 saturated carbocycles. The lowest BCUT2D eigenvalue weighted by Gasteiger charge is -2.34. The number of hydrogen-bond acceptors (Lipinski definition) is 6. The molecular weight excluding hydrogens is 358 g/mol. The third-order valence-electron chi connectivity index (χ3n) is 5.26. The minimum Gasteiger partial charge on any atom is -0.504 e. The molecule has 0 spiro atoms. The number of benzene rings is 1. The molecule has 0 fully saturated rings. The van der Waals surface area contributed by atoms with Gasteiger partial charge < -0.3 is 19.9 Å². The summed E-state index contributed by atoms with van der Waals surface area (Å²) < 4.78 is 10.7. The smallest absolute Gasteiger partial charge is 0.336 e. The summed E-state index contributed by atoms with van der Waals surface area (Å²) in [6, 6.07) is 4.94. The molecule has 28 heavy (non-hydrogen) atoms. The summed E-state index contributed by atoms with van der Waals surface area (Å²) in [7, 11) is 1.47. The predicted octanol–water partition coefficient (Wildman–Crippen LogP) is 3.71. The van der Waals surface area contributed by atoms with Gasteiger partial charge in [0.05, 0.1) is 19.3 Å². The molecular formula is C22H27NO5. The van der Waals surface area contributed by atoms with Crippen molar-refractivity contribution in [2.75, 3.05) is 13.7 Å². The molecule has 1 aromatic carbocycles. The maximum absolute atomic E-state index is 12.9. The number of ether oxygens (including phenoxy) is 2. The maximum Gasteiger partial charge on any atom is 0.336 e. The Morgan fingerprint density at radius 1 is 1.32 bits per heavy atom. The number of phenolic OH excluding ortho intramolecular Hbond substituents is 1. The Labute approximate surface area is 165 Å². The average molecular weight is 385 g/mol. The summed E-state index contributed by atoms with van der Waals surface area (Å²) in [5.41, 5.74) is 3.36. The van der Waals surface area contributed by atoms with E-state index >= 15 is 0 Å². The fourth-order valence-corrected chi connectivity index (χ4v) is 3.85. The molecule has 150 valence electrons. The van der Waals surface area contributed by atoms with E-state index in [1.54, 1.807) is 12.1 Å². The van der Waals surface area contributed by atoms with Crippen LogP contribution < -0.4 is 10.1 Å². The van der Waals surface area contributed by atoms with Crippen molar-refractivity contribution >= 4 is 11.8 Å². The van der Waals surface area contributed by atoms with E-state index in [9.17, 15) is 14.7 Å². The quantitative estimate of drug-likeness (QED) is 0.574. The average Bonchev–Trinajstić information content (AvgIpc) is 2.67. The van der Waals surface area contributed by atoms with Gasteiger partial charge in [-0.25, -0.2) is 4.79 Å². The zero-order valence-corrected chi connectivity index (χ0v) is 16.6. The van der Waals surface area contributed by atoms with Gasteiger partial charge in [0.2, 0.25) is 0 Å². The molecule has 2 N–H and O–H groups in total. The van der Waals surface area contributed by atoms with Crippen molar-refractivity contribution in [3.63, 3.8) is 0 Å². The van der Waals surface area contributed by atoms with Crippen molar-refractivity contribution in [2.45, 2.75) is 51.9 Å². The number of carbonyl (C=O) groups is 2. The Morgan fingerprint density at radius 2 is 2.11 bits per heavy atom. The van der Waals surface area contributed by atoms with Crippen LogP contribution in [0.15, 0.2) is 40.7 Å². The fourth-order valence-electron chi connectivity index (χ4n) is 3.85. The van der Waals surface area contributed by atoms with Crippen molar-refractivity contribution < 1.29 is 24.2 Å². The van der Waals surface area contributed by atoms with Crippen molar-refractivity contribution in [1.82, 2.24) is 5.32 Å². The number of esters is 1. The van der Waals surface area contributed by atoms with Crippen molar-refractivity contribution in [3.05, 3.63) is 46.3 Å². The zero-order valence-electron chi connectivity index (χ0n) is 16.6. The molecule has 6 nitrogen and oxygen atoms in total. The molecule has 0 bridgehead atoms. The Balaban J connectivity index is 2.09. The summed E-state index contributed by atoms with van der Waals surface area (Å²) in [6.45, 7) is 4.21. The number of dihydropyridines is 1. The predicted molar refractivity (Wildman–Crippen MR) is 105 cm³/mol. The minimum atomic E-state index is -0.535. The van der Waals surface area contributed by atoms with Crippen LogP contribution in [0, 0.1) is 0 Å². The molecule has 1 atom stereocenters. The van der Waals surface area contributed by atoms with E-state index in [1.165, 1.54) is 13.2 Å². The molecule has 6 heteroatoms. The number of unbranched alkanes of at least 4 members (excludes halogenated alkanes) is 1. The van der Waals surface area contributed by atoms with Gasteiger partial charge in [0, 0.05) is 29.3 Å². The van der Waals surface area contributed by atoms with E-state index in [4.69, 9.17) is 9.47 Å². The highest BCUT2D eigenvalue weighted by atomic mass is 16.5. The molecule has 1 aliphatic carbocycles. The number of Topliss-reactive ketones (excluding diaryl/α,β-unsaturated/α-hetero) is 1. The molecule has 0 radical (unpaired) electrons. The van der Waals surface area contributed by atoms with Crippen molar-refractivity contribution in [3.8, 4) is 11.5 Å². The first kappa shape index (κ1) is 20.0. The normalized spacial score (nSPS) is 19.2. The topological polar surface area (TPSA) is 84.9 Å². The highest BCUT2D eigenvalue weighted by molar-refractivity contribution is 6.03. The van der Waals surface area contributed by atoms with Crippen LogP contribution in [0.4, 0.5) is 0 Å². The molecule has 1 aromatic rings. The van der Waals surface area contributed by atoms with Crippen LogP contribution in [0.5, 0.6) is 11.5 Å². The van der Waals surface area contributed by atoms with Gasteiger partial charge in [-0.15, -0.1) is 0 Å². The zero-order chi connectivity index (χ0) is 20.3. The second-order valence-corrected chi connectivity index (χ2v) is 7.19. The number of ketones is 1. The Hall–Kier alpha value is -2.76. The molecule has 2 aliphatic rings. The number of hydrogen-bond donors (Lipinski definition) is 2. The third kappa shape index (κ3) is 3.77. The van der Waals surface area contributed by atoms with Crippen LogP contribution in [0.25, 0.3) is 0 Å². The molecule has 0 aromatic heterocycles. The van der Waals surface area contributed by atoms with Crippen LogP contribution in [-0.4, -0.2) is 30.6 Å². The Bertz CT molecular complexity index is 852. The summed E-state index contributed by atoms with van der Waals surface area (Å²) in [5, 5.41) is 13.2. The van der Waals surface area contributed by atoms with Gasteiger partial charge in [0.1, 0.15) is 0 Å². The summed E-state index contributed by atoms with van der Waals surface area (Å²) in [4.78, 5) is 25.8. The lowest BCUT2D eigenvalue weighted by Crippen LogP contribution is -2.34. The number of rotatable bonds is 6. The number of phenols is 1. The maximum atomic E-state index is 12.9. The number of nitrogens with one attached hydrogen (secondary N) is 1. The minimum absolute atomic E-state index is 0.0112. The number of allylic oxidation sites excluding steroid dienone is 3. The second kappa shape index (κ2) is 8.50. The van der Waals surface area contributed by atoms with Crippen LogP contribution >= 0.6 is 0 Å². The fraction of sp³-hybridized carbons (Fsp3) is 0.455. The van der Waals surface area contributed by atoms with Crippen LogP contribution in [0.1, 0.15) is 57.4 Å². The SMILES string of the molecule is CCCCOC(=O)C1=C(C)NC2=C(C(=O)CCC2)C1c1ccc(O)c(OC)c1. The Kier molecular flexibility index (Phi) is 6.07. The van der Waals surface area contributed by atoms with Crippen molar-refractivity contribution in [2.24, 2.45) is 0 Å². The van der Waals surface area contributed by atoms with Crippen LogP contribution in [0.3, 0.4) is 0 Å². The van der Waals surface area contributed by atoms with Crippen molar-refractivity contribution in [1.29, 1.82) is 0 Å². The number of aromatic hydroxyl groups is 1. The highest BCUT2D eigenvalue weighted by Crippen LogP contribution is 2.44. The molecule has 3 rings (SSSR count). The molecule has 0 saturated heterocycles. The molecule has 1 heterocycles. The molecule has 1 aliphatic heterocycles. The van der Waals surface area contributed by atoms with Gasteiger partial charge in [0.15, 0.2) is 17.3 Å². The van der Waals surface area contributed by atoms with Gasteiger partial charge in [-0.3, -0.25) is 4.79 Å². The number of carbonyl (C=O) groups excluding carboxylic acids is 2. The first-order valence-corrected chi connectivity index (χ1v) is 9.76. The van der Waals surface area contributed by atoms with Crippen LogP contribution in [0.2, 0.25) is 0 Å². The van der Waals surface area contributed by atoms with Gasteiger partial charge in [-0.1, -0.05) is 19.4 Å². The molecule has 1 unspecified atom stereocenters. The first-order chi connectivity index (χ1) is 13.5. The monoisotopic (exact) mass is 385 g/mol. The summed E-state index contributed by atoms with van der Waals surface area (Å²) >= 11 is 0. The number of methoxy groups -OCH3 is 1. The lowest BCUT2D eigenvalue weighted by molar-refractivity contribution is -0.139.